The lowest BCUT2D eigenvalue weighted by Gasteiger charge is -2.43. The number of Topliss-reactive ketones (excluding diaryl/α,β-unsaturated/α-hetero) is 1. The van der Waals surface area contributed by atoms with E-state index in [9.17, 15) is 14.7 Å². The summed E-state index contributed by atoms with van der Waals surface area (Å²) in [5.74, 6) is -1.57. The van der Waals surface area contributed by atoms with Crippen molar-refractivity contribution in [2.24, 2.45) is 40.7 Å². The third kappa shape index (κ3) is 13.9. The van der Waals surface area contributed by atoms with Crippen LogP contribution in [-0.4, -0.2) is 84.8 Å². The average Bonchev–Trinajstić information content (AvgIpc) is 2.92. The van der Waals surface area contributed by atoms with Gasteiger partial charge < -0.3 is 39.6 Å². The second kappa shape index (κ2) is 18.4. The highest BCUT2D eigenvalue weighted by atomic mass is 16.7. The summed E-state index contributed by atoms with van der Waals surface area (Å²) in [7, 11) is 3.05. The number of methoxy groups -OCH3 is 2. The monoisotopic (exact) mass is 645 g/mol. The Morgan fingerprint density at radius 1 is 0.956 bits per heavy atom. The van der Waals surface area contributed by atoms with Crippen molar-refractivity contribution in [3.8, 4) is 0 Å². The van der Waals surface area contributed by atoms with Crippen molar-refractivity contribution in [3.05, 3.63) is 0 Å². The number of carbonyl (C=O) groups is 2. The second-order valence-electron chi connectivity index (χ2n) is 15.4. The number of nitrogens with two attached hydrogens (primary N) is 1. The van der Waals surface area contributed by atoms with Crippen molar-refractivity contribution in [3.63, 3.8) is 0 Å². The van der Waals surface area contributed by atoms with E-state index in [0.29, 0.717) is 19.3 Å². The molecule has 2 heterocycles. The van der Waals surface area contributed by atoms with Crippen LogP contribution in [0, 0.1) is 35.0 Å². The van der Waals surface area contributed by atoms with Crippen molar-refractivity contribution in [2.75, 3.05) is 14.2 Å². The minimum absolute atomic E-state index is 0.0115. The fourth-order valence-corrected chi connectivity index (χ4v) is 7.14. The summed E-state index contributed by atoms with van der Waals surface area (Å²) in [5.41, 5.74) is 5.04. The summed E-state index contributed by atoms with van der Waals surface area (Å²) >= 11 is 0. The van der Waals surface area contributed by atoms with Crippen molar-refractivity contribution >= 4 is 11.8 Å². The quantitative estimate of drug-likeness (QED) is 0.214. The van der Waals surface area contributed by atoms with E-state index >= 15 is 0 Å². The van der Waals surface area contributed by atoms with Crippen LogP contribution in [0.4, 0.5) is 0 Å². The van der Waals surface area contributed by atoms with Gasteiger partial charge in [-0.15, -0.1) is 0 Å². The summed E-state index contributed by atoms with van der Waals surface area (Å²) in [6.45, 7) is 21.8. The largest absolute Gasteiger partial charge is 0.469 e. The molecule has 2 aliphatic heterocycles. The highest BCUT2D eigenvalue weighted by Crippen LogP contribution is 2.39. The number of ketones is 1. The molecule has 0 spiro atoms. The Labute approximate surface area is 273 Å². The van der Waals surface area contributed by atoms with Gasteiger partial charge in [-0.25, -0.2) is 0 Å². The average molecular weight is 646 g/mol. The Bertz CT molecular complexity index is 873. The molecule has 2 saturated heterocycles. The number of esters is 1. The molecule has 4 unspecified atom stereocenters. The highest BCUT2D eigenvalue weighted by molar-refractivity contribution is 5.83. The number of aliphatic hydroxyl groups excluding tert-OH is 2. The molecule has 2 fully saturated rings. The molecule has 45 heavy (non-hydrogen) atoms. The normalized spacial score (nSPS) is 30.5. The maximum absolute atomic E-state index is 13.1. The van der Waals surface area contributed by atoms with Crippen LogP contribution in [0.5, 0.6) is 0 Å². The Kier molecular flexibility index (Phi) is 17.1. The fourth-order valence-electron chi connectivity index (χ4n) is 7.14. The molecule has 0 aliphatic carbocycles. The molecule has 2 aliphatic rings. The molecule has 0 aromatic heterocycles. The summed E-state index contributed by atoms with van der Waals surface area (Å²) < 4.78 is 28.7. The maximum atomic E-state index is 13.1. The van der Waals surface area contributed by atoms with Gasteiger partial charge in [0.1, 0.15) is 5.78 Å². The first-order valence-electron chi connectivity index (χ1n) is 16.9. The molecular formula is C35H67NO9. The zero-order chi connectivity index (χ0) is 34.9. The van der Waals surface area contributed by atoms with Gasteiger partial charge in [0.2, 0.25) is 0 Å². The lowest BCUT2D eigenvalue weighted by molar-refractivity contribution is -0.249. The Morgan fingerprint density at radius 3 is 2.02 bits per heavy atom. The summed E-state index contributed by atoms with van der Waals surface area (Å²) in [6.07, 6.45) is 2.26. The van der Waals surface area contributed by atoms with Gasteiger partial charge in [0.25, 0.3) is 0 Å². The predicted molar refractivity (Wildman–Crippen MR) is 175 cm³/mol. The van der Waals surface area contributed by atoms with E-state index < -0.39 is 42.2 Å². The Morgan fingerprint density at radius 2 is 1.56 bits per heavy atom. The maximum Gasteiger partial charge on any atom is 0.311 e. The van der Waals surface area contributed by atoms with Gasteiger partial charge in [-0.1, -0.05) is 48.5 Å². The first kappa shape index (κ1) is 41.9. The highest BCUT2D eigenvalue weighted by Gasteiger charge is 2.41. The minimum Gasteiger partial charge on any atom is -0.469 e. The standard InChI is InChI=1S/C29H54O7.C6H13NO2/c1-17(2)24(30)21(6)25(31)18(3)13-29(10,34-12)14-19(4)26(22(7)27(32)33-11)36-23-16-28(8,9)15-20(5)35-23;1-4-2-5(7)3-6(8)9-4/h17-24,26,30H,13-16H2,1-12H3;4-6,8H,2-3,7H2,1H3/t18-,19-,20?,21-,22?,23+,24+,26+,29-;4-,5?,6?/m11/s1. The van der Waals surface area contributed by atoms with Crippen molar-refractivity contribution < 1.29 is 43.5 Å². The van der Waals surface area contributed by atoms with E-state index in [4.69, 9.17) is 34.5 Å². The molecule has 10 nitrogen and oxygen atoms in total. The Hall–Kier alpha value is -1.14. The van der Waals surface area contributed by atoms with Crippen LogP contribution >= 0.6 is 0 Å². The van der Waals surface area contributed by atoms with E-state index in [1.54, 1.807) is 14.0 Å². The predicted octanol–water partition coefficient (Wildman–Crippen LogP) is 5.24. The van der Waals surface area contributed by atoms with Crippen molar-refractivity contribution in [1.29, 1.82) is 0 Å². The third-order valence-electron chi connectivity index (χ3n) is 9.52. The van der Waals surface area contributed by atoms with Crippen LogP contribution in [-0.2, 0) is 33.3 Å². The van der Waals surface area contributed by atoms with Gasteiger partial charge in [-0.2, -0.15) is 0 Å². The van der Waals surface area contributed by atoms with Crippen LogP contribution in [0.3, 0.4) is 0 Å². The molecule has 0 aromatic carbocycles. The molecule has 12 atom stereocenters. The molecular weight excluding hydrogens is 578 g/mol. The minimum atomic E-state index is -0.673. The third-order valence-corrected chi connectivity index (χ3v) is 9.52. The topological polar surface area (TPSA) is 147 Å². The molecule has 0 saturated carbocycles. The molecule has 266 valence electrons. The van der Waals surface area contributed by atoms with Gasteiger partial charge in [-0.3, -0.25) is 9.59 Å². The van der Waals surface area contributed by atoms with Gasteiger partial charge in [-0.05, 0) is 70.6 Å². The van der Waals surface area contributed by atoms with Crippen LogP contribution in [0.25, 0.3) is 0 Å². The number of hydrogen-bond acceptors (Lipinski definition) is 10. The first-order chi connectivity index (χ1) is 20.6. The van der Waals surface area contributed by atoms with Crippen molar-refractivity contribution in [1.82, 2.24) is 0 Å². The van der Waals surface area contributed by atoms with E-state index in [1.165, 1.54) is 7.11 Å². The lowest BCUT2D eigenvalue weighted by Crippen LogP contribution is -2.46. The molecule has 2 rings (SSSR count). The van der Waals surface area contributed by atoms with Crippen LogP contribution in [0.2, 0.25) is 0 Å². The lowest BCUT2D eigenvalue weighted by atomic mass is 9.77. The number of aliphatic hydroxyl groups is 2. The molecule has 0 amide bonds. The zero-order valence-electron chi connectivity index (χ0n) is 30.5. The number of rotatable bonds is 14. The smallest absolute Gasteiger partial charge is 0.311 e. The SMILES string of the molecule is COC(=O)C(C)[C@@H](O[C@H]1CC(C)(C)CC(C)O1)[C@H](C)C[C@@](C)(C[C@@H](C)C(=O)[C@H](C)[C@@H](O)C(C)C)OC.C[C@@H]1CC(N)CC(O)O1. The molecule has 0 bridgehead atoms. The summed E-state index contributed by atoms with van der Waals surface area (Å²) in [4.78, 5) is 25.6. The van der Waals surface area contributed by atoms with E-state index in [1.807, 2.05) is 41.5 Å². The van der Waals surface area contributed by atoms with Gasteiger partial charge >= 0.3 is 5.97 Å². The van der Waals surface area contributed by atoms with Crippen molar-refractivity contribution in [2.45, 2.75) is 163 Å². The summed E-state index contributed by atoms with van der Waals surface area (Å²) in [5, 5.41) is 19.4. The molecule has 0 radical (unpaired) electrons. The molecule has 4 N–H and O–H groups in total. The van der Waals surface area contributed by atoms with Gasteiger partial charge in [0, 0.05) is 37.8 Å². The number of carbonyl (C=O) groups excluding carboxylic acids is 2. The second-order valence-corrected chi connectivity index (χ2v) is 15.4. The van der Waals surface area contributed by atoms with E-state index in [2.05, 4.69) is 27.7 Å². The number of ether oxygens (including phenoxy) is 5. The van der Waals surface area contributed by atoms with Gasteiger partial charge in [0.15, 0.2) is 12.6 Å². The van der Waals surface area contributed by atoms with Gasteiger partial charge in [0.05, 0.1) is 43.0 Å². The molecule has 10 heteroatoms. The van der Waals surface area contributed by atoms with E-state index in [0.717, 1.165) is 19.3 Å². The van der Waals surface area contributed by atoms with Crippen LogP contribution in [0.15, 0.2) is 0 Å². The van der Waals surface area contributed by atoms with E-state index in [-0.39, 0.29) is 53.2 Å². The fraction of sp³-hybridized carbons (Fsp3) is 0.943. The Balaban J connectivity index is 0.000000956. The number of hydrogen-bond donors (Lipinski definition) is 3. The molecule has 0 aromatic rings. The van der Waals surface area contributed by atoms with Crippen LogP contribution in [0.1, 0.15) is 115 Å². The van der Waals surface area contributed by atoms with Crippen LogP contribution < -0.4 is 5.73 Å². The summed E-state index contributed by atoms with van der Waals surface area (Å²) in [6, 6.07) is 0.115. The zero-order valence-corrected chi connectivity index (χ0v) is 30.5. The first-order valence-corrected chi connectivity index (χ1v) is 16.9.